The maximum Gasteiger partial charge on any atom is 0.435 e. The summed E-state index contributed by atoms with van der Waals surface area (Å²) in [4.78, 5) is 20.5. The standard InChI is InChI=1S/C18H9ClF3N5O/c1-26-8-25-14-15(26)10-5-9(7-23)11(19)6-13(10)27(17(14)28)12-3-2-4-24-16(12)18(20,21)22/h2-6,8H,1H3. The summed E-state index contributed by atoms with van der Waals surface area (Å²) in [7, 11) is 1.64. The first-order valence-corrected chi connectivity index (χ1v) is 8.24. The fraction of sp³-hybridized carbons (Fsp3) is 0.111. The van der Waals surface area contributed by atoms with Crippen LogP contribution in [0.3, 0.4) is 0 Å². The summed E-state index contributed by atoms with van der Waals surface area (Å²) in [6, 6.07) is 7.12. The highest BCUT2D eigenvalue weighted by Crippen LogP contribution is 2.34. The van der Waals surface area contributed by atoms with E-state index in [9.17, 15) is 23.2 Å². The van der Waals surface area contributed by atoms with Gasteiger partial charge in [-0.2, -0.15) is 18.4 Å². The molecule has 0 fully saturated rings. The van der Waals surface area contributed by atoms with E-state index in [-0.39, 0.29) is 21.6 Å². The van der Waals surface area contributed by atoms with Crippen LogP contribution in [0, 0.1) is 11.3 Å². The minimum absolute atomic E-state index is 0.0158. The van der Waals surface area contributed by atoms with E-state index in [1.165, 1.54) is 24.5 Å². The Morgan fingerprint density at radius 3 is 2.68 bits per heavy atom. The van der Waals surface area contributed by atoms with Crippen LogP contribution in [0.15, 0.2) is 41.6 Å². The van der Waals surface area contributed by atoms with Gasteiger partial charge in [0, 0.05) is 18.6 Å². The summed E-state index contributed by atoms with van der Waals surface area (Å²) in [6.07, 6.45) is -2.40. The minimum atomic E-state index is -4.78. The van der Waals surface area contributed by atoms with Gasteiger partial charge in [0.25, 0.3) is 5.56 Å². The summed E-state index contributed by atoms with van der Waals surface area (Å²) in [5.74, 6) is 0. The van der Waals surface area contributed by atoms with Crippen molar-refractivity contribution in [1.82, 2.24) is 19.1 Å². The lowest BCUT2D eigenvalue weighted by Gasteiger charge is -2.16. The first-order chi connectivity index (χ1) is 13.2. The number of nitrogens with zero attached hydrogens (tertiary/aromatic N) is 5. The zero-order valence-corrected chi connectivity index (χ0v) is 14.9. The third-order valence-corrected chi connectivity index (χ3v) is 4.65. The van der Waals surface area contributed by atoms with Crippen LogP contribution in [-0.2, 0) is 13.2 Å². The Kier molecular flexibility index (Phi) is 3.90. The number of imidazole rings is 1. The Labute approximate surface area is 160 Å². The second-order valence-corrected chi connectivity index (χ2v) is 6.43. The van der Waals surface area contributed by atoms with E-state index in [1.807, 2.05) is 6.07 Å². The number of benzene rings is 1. The number of rotatable bonds is 1. The molecule has 140 valence electrons. The molecule has 4 rings (SSSR count). The molecule has 0 bridgehead atoms. The van der Waals surface area contributed by atoms with Gasteiger partial charge < -0.3 is 4.57 Å². The third-order valence-electron chi connectivity index (χ3n) is 4.34. The van der Waals surface area contributed by atoms with Crippen molar-refractivity contribution in [2.45, 2.75) is 6.18 Å². The molecule has 0 saturated carbocycles. The predicted octanol–water partition coefficient (Wildman–Crippen LogP) is 3.82. The number of alkyl halides is 3. The molecule has 0 atom stereocenters. The lowest BCUT2D eigenvalue weighted by atomic mass is 10.1. The molecule has 0 aliphatic heterocycles. The molecule has 0 amide bonds. The smallest absolute Gasteiger partial charge is 0.333 e. The molecule has 0 spiro atoms. The van der Waals surface area contributed by atoms with Gasteiger partial charge in [-0.15, -0.1) is 0 Å². The number of pyridine rings is 2. The van der Waals surface area contributed by atoms with Gasteiger partial charge in [-0.25, -0.2) is 9.97 Å². The molecule has 0 aliphatic rings. The van der Waals surface area contributed by atoms with Crippen molar-refractivity contribution in [3.05, 3.63) is 63.4 Å². The van der Waals surface area contributed by atoms with Crippen molar-refractivity contribution in [2.75, 3.05) is 0 Å². The molecule has 28 heavy (non-hydrogen) atoms. The highest BCUT2D eigenvalue weighted by molar-refractivity contribution is 6.32. The van der Waals surface area contributed by atoms with E-state index in [1.54, 1.807) is 11.6 Å². The van der Waals surface area contributed by atoms with E-state index < -0.39 is 23.1 Å². The molecule has 10 heteroatoms. The molecular formula is C18H9ClF3N5O. The number of fused-ring (bicyclic) bond motifs is 3. The third kappa shape index (κ3) is 2.53. The van der Waals surface area contributed by atoms with Crippen LogP contribution >= 0.6 is 11.6 Å². The van der Waals surface area contributed by atoms with Gasteiger partial charge in [-0.05, 0) is 24.3 Å². The van der Waals surface area contributed by atoms with Crippen LogP contribution in [0.4, 0.5) is 13.2 Å². The molecule has 0 aliphatic carbocycles. The van der Waals surface area contributed by atoms with Gasteiger partial charge in [0.2, 0.25) is 0 Å². The molecule has 0 radical (unpaired) electrons. The number of halogens is 4. The summed E-state index contributed by atoms with van der Waals surface area (Å²) in [5, 5.41) is 9.66. The maximum atomic E-state index is 13.5. The first-order valence-electron chi connectivity index (χ1n) is 7.86. The summed E-state index contributed by atoms with van der Waals surface area (Å²) >= 11 is 6.11. The first kappa shape index (κ1) is 18.0. The fourth-order valence-corrected chi connectivity index (χ4v) is 3.38. The fourth-order valence-electron chi connectivity index (χ4n) is 3.18. The van der Waals surface area contributed by atoms with Crippen LogP contribution in [0.1, 0.15) is 11.3 Å². The van der Waals surface area contributed by atoms with Gasteiger partial charge in [0.15, 0.2) is 11.2 Å². The average Bonchev–Trinajstić information content (AvgIpc) is 3.03. The summed E-state index contributed by atoms with van der Waals surface area (Å²) in [5.41, 5.74) is -1.80. The number of hydrogen-bond acceptors (Lipinski definition) is 4. The molecule has 3 heterocycles. The predicted molar refractivity (Wildman–Crippen MR) is 96.3 cm³/mol. The van der Waals surface area contributed by atoms with E-state index in [0.29, 0.717) is 10.9 Å². The molecule has 0 unspecified atom stereocenters. The van der Waals surface area contributed by atoms with Gasteiger partial charge in [0.1, 0.15) is 6.07 Å². The van der Waals surface area contributed by atoms with Crippen molar-refractivity contribution in [3.8, 4) is 11.8 Å². The second kappa shape index (κ2) is 6.07. The Hall–Kier alpha value is -3.38. The van der Waals surface area contributed by atoms with Crippen molar-refractivity contribution < 1.29 is 13.2 Å². The topological polar surface area (TPSA) is 76.5 Å². The van der Waals surface area contributed by atoms with Crippen molar-refractivity contribution in [1.29, 1.82) is 5.26 Å². The van der Waals surface area contributed by atoms with Crippen molar-refractivity contribution >= 4 is 33.5 Å². The molecule has 1 aromatic carbocycles. The molecule has 0 N–H and O–H groups in total. The van der Waals surface area contributed by atoms with Gasteiger partial charge in [-0.1, -0.05) is 11.6 Å². The molecule has 6 nitrogen and oxygen atoms in total. The van der Waals surface area contributed by atoms with Crippen molar-refractivity contribution in [2.24, 2.45) is 7.05 Å². The van der Waals surface area contributed by atoms with Gasteiger partial charge in [0.05, 0.1) is 33.6 Å². The normalized spacial score (nSPS) is 11.9. The Balaban J connectivity index is 2.28. The van der Waals surface area contributed by atoms with Crippen molar-refractivity contribution in [3.63, 3.8) is 0 Å². The van der Waals surface area contributed by atoms with Crippen LogP contribution in [-0.4, -0.2) is 19.1 Å². The Morgan fingerprint density at radius 1 is 1.25 bits per heavy atom. The zero-order chi connectivity index (χ0) is 20.2. The average molecular weight is 404 g/mol. The Morgan fingerprint density at radius 2 is 2.00 bits per heavy atom. The van der Waals surface area contributed by atoms with Crippen LogP contribution in [0.5, 0.6) is 0 Å². The van der Waals surface area contributed by atoms with E-state index in [2.05, 4.69) is 9.97 Å². The van der Waals surface area contributed by atoms with Crippen LogP contribution in [0.2, 0.25) is 5.02 Å². The van der Waals surface area contributed by atoms with E-state index in [4.69, 9.17) is 11.6 Å². The molecule has 3 aromatic heterocycles. The number of hydrogen-bond donors (Lipinski definition) is 0. The highest BCUT2D eigenvalue weighted by Gasteiger charge is 2.36. The minimum Gasteiger partial charge on any atom is -0.333 e. The van der Waals surface area contributed by atoms with Crippen LogP contribution < -0.4 is 5.56 Å². The van der Waals surface area contributed by atoms with Gasteiger partial charge in [-0.3, -0.25) is 9.36 Å². The maximum absolute atomic E-state index is 13.5. The number of aromatic nitrogens is 4. The number of aryl methyl sites for hydroxylation is 1. The van der Waals surface area contributed by atoms with Gasteiger partial charge >= 0.3 is 6.18 Å². The largest absolute Gasteiger partial charge is 0.435 e. The van der Waals surface area contributed by atoms with Crippen LogP contribution in [0.25, 0.3) is 27.6 Å². The Bertz CT molecular complexity index is 1360. The summed E-state index contributed by atoms with van der Waals surface area (Å²) in [6.45, 7) is 0. The summed E-state index contributed by atoms with van der Waals surface area (Å²) < 4.78 is 43.0. The second-order valence-electron chi connectivity index (χ2n) is 6.02. The lowest BCUT2D eigenvalue weighted by Crippen LogP contribution is -2.23. The molecule has 4 aromatic rings. The SMILES string of the molecule is Cn1cnc2c(=O)n(-c3cccnc3C(F)(F)F)c3cc(Cl)c(C#N)cc3c21. The quantitative estimate of drug-likeness (QED) is 0.484. The monoisotopic (exact) mass is 403 g/mol. The lowest BCUT2D eigenvalue weighted by molar-refractivity contribution is -0.141. The molecular weight excluding hydrogens is 395 g/mol. The van der Waals surface area contributed by atoms with E-state index >= 15 is 0 Å². The molecule has 0 saturated heterocycles. The number of nitriles is 1. The zero-order valence-electron chi connectivity index (χ0n) is 14.1. The highest BCUT2D eigenvalue weighted by atomic mass is 35.5. The van der Waals surface area contributed by atoms with E-state index in [0.717, 1.165) is 16.8 Å².